The predicted molar refractivity (Wildman–Crippen MR) is 139 cm³/mol. The minimum atomic E-state index is -1.34. The lowest BCUT2D eigenvalue weighted by Crippen LogP contribution is -2.50. The lowest BCUT2D eigenvalue weighted by molar-refractivity contribution is 0.208. The van der Waals surface area contributed by atoms with Crippen LogP contribution in [0.15, 0.2) is 54.6 Å². The molecule has 2 aromatic carbocycles. The molecular formula is C30H40F2Si. The van der Waals surface area contributed by atoms with Crippen LogP contribution in [0, 0.1) is 29.4 Å². The molecule has 4 rings (SSSR count). The van der Waals surface area contributed by atoms with Crippen molar-refractivity contribution >= 4 is 19.3 Å². The Labute approximate surface area is 200 Å². The Hall–Kier alpha value is -1.74. The highest BCUT2D eigenvalue weighted by molar-refractivity contribution is 6.92. The first-order chi connectivity index (χ1) is 16.1. The summed E-state index contributed by atoms with van der Waals surface area (Å²) in [5.74, 6) is 0.838. The summed E-state index contributed by atoms with van der Waals surface area (Å²) in [6.07, 6.45) is 16.3. The SMILES string of the molecule is CCCCC[Si]1(c2ccccc2)CCC(C2CCC(/C=C/c3ccc(F)c(F)c3)CC2)CC1. The Morgan fingerprint density at radius 1 is 0.818 bits per heavy atom. The molecule has 0 bridgehead atoms. The first kappa shape index (κ1) is 24.4. The second kappa shape index (κ2) is 11.6. The molecule has 0 atom stereocenters. The smallest absolute Gasteiger partial charge is 0.159 e. The maximum atomic E-state index is 13.4. The molecule has 3 heteroatoms. The van der Waals surface area contributed by atoms with Crippen LogP contribution in [0.4, 0.5) is 8.78 Å². The van der Waals surface area contributed by atoms with Crippen LogP contribution in [0.25, 0.3) is 6.08 Å². The quantitative estimate of drug-likeness (QED) is 0.269. The van der Waals surface area contributed by atoms with E-state index in [4.69, 9.17) is 0 Å². The molecule has 33 heavy (non-hydrogen) atoms. The Balaban J connectivity index is 1.30. The monoisotopic (exact) mass is 466 g/mol. The van der Waals surface area contributed by atoms with Crippen LogP contribution in [0.2, 0.25) is 18.1 Å². The Morgan fingerprint density at radius 3 is 2.18 bits per heavy atom. The van der Waals surface area contributed by atoms with Crippen molar-refractivity contribution in [1.29, 1.82) is 0 Å². The van der Waals surface area contributed by atoms with Crippen LogP contribution in [0.5, 0.6) is 0 Å². The van der Waals surface area contributed by atoms with E-state index < -0.39 is 19.7 Å². The molecule has 1 saturated carbocycles. The van der Waals surface area contributed by atoms with E-state index in [1.54, 1.807) is 11.3 Å². The summed E-state index contributed by atoms with van der Waals surface area (Å²) in [6.45, 7) is 2.32. The fourth-order valence-electron chi connectivity index (χ4n) is 6.52. The van der Waals surface area contributed by atoms with Crippen LogP contribution >= 0.6 is 0 Å². The number of hydrogen-bond donors (Lipinski definition) is 0. The summed E-state index contributed by atoms with van der Waals surface area (Å²) in [7, 11) is -1.34. The number of rotatable bonds is 8. The molecule has 178 valence electrons. The van der Waals surface area contributed by atoms with Crippen molar-refractivity contribution in [2.45, 2.75) is 82.8 Å². The zero-order valence-electron chi connectivity index (χ0n) is 20.2. The van der Waals surface area contributed by atoms with Gasteiger partial charge in [0.05, 0.1) is 8.07 Å². The van der Waals surface area contributed by atoms with Crippen molar-refractivity contribution in [1.82, 2.24) is 0 Å². The fraction of sp³-hybridized carbons (Fsp3) is 0.533. The van der Waals surface area contributed by atoms with Crippen molar-refractivity contribution in [3.8, 4) is 0 Å². The van der Waals surface area contributed by atoms with Gasteiger partial charge in [0.25, 0.3) is 0 Å². The van der Waals surface area contributed by atoms with Gasteiger partial charge in [-0.2, -0.15) is 0 Å². The minimum Gasteiger partial charge on any atom is -0.204 e. The molecule has 1 saturated heterocycles. The topological polar surface area (TPSA) is 0 Å². The van der Waals surface area contributed by atoms with Gasteiger partial charge < -0.3 is 0 Å². The molecular weight excluding hydrogens is 426 g/mol. The van der Waals surface area contributed by atoms with Gasteiger partial charge >= 0.3 is 0 Å². The molecule has 2 fully saturated rings. The van der Waals surface area contributed by atoms with Crippen molar-refractivity contribution < 1.29 is 8.78 Å². The minimum absolute atomic E-state index is 0.574. The summed E-state index contributed by atoms with van der Waals surface area (Å²) < 4.78 is 26.6. The van der Waals surface area contributed by atoms with E-state index in [1.165, 1.54) is 88.1 Å². The van der Waals surface area contributed by atoms with Gasteiger partial charge in [-0.15, -0.1) is 0 Å². The fourth-order valence-corrected chi connectivity index (χ4v) is 11.8. The first-order valence-corrected chi connectivity index (χ1v) is 15.9. The number of halogens is 2. The lowest BCUT2D eigenvalue weighted by Gasteiger charge is -2.43. The highest BCUT2D eigenvalue weighted by atomic mass is 28.3. The van der Waals surface area contributed by atoms with Gasteiger partial charge in [-0.1, -0.05) is 111 Å². The van der Waals surface area contributed by atoms with Crippen LogP contribution in [-0.4, -0.2) is 8.07 Å². The molecule has 0 aromatic heterocycles. The van der Waals surface area contributed by atoms with E-state index in [-0.39, 0.29) is 0 Å². The molecule has 0 amide bonds. The number of hydrogen-bond acceptors (Lipinski definition) is 0. The first-order valence-electron chi connectivity index (χ1n) is 13.3. The van der Waals surface area contributed by atoms with Crippen LogP contribution in [0.1, 0.15) is 70.3 Å². The molecule has 0 nitrogen and oxygen atoms in total. The maximum Gasteiger partial charge on any atom is 0.159 e. The summed E-state index contributed by atoms with van der Waals surface area (Å²) in [6, 6.07) is 20.2. The maximum absolute atomic E-state index is 13.4. The van der Waals surface area contributed by atoms with E-state index in [0.717, 1.165) is 17.4 Å². The second-order valence-electron chi connectivity index (χ2n) is 10.6. The number of allylic oxidation sites excluding steroid dienone is 1. The summed E-state index contributed by atoms with van der Waals surface area (Å²) in [4.78, 5) is 0. The van der Waals surface area contributed by atoms with Gasteiger partial charge in [-0.05, 0) is 61.1 Å². The molecule has 0 radical (unpaired) electrons. The largest absolute Gasteiger partial charge is 0.204 e. The van der Waals surface area contributed by atoms with Gasteiger partial charge in [-0.25, -0.2) is 8.78 Å². The molecule has 1 heterocycles. The molecule has 2 aromatic rings. The highest BCUT2D eigenvalue weighted by Gasteiger charge is 2.40. The van der Waals surface area contributed by atoms with E-state index in [0.29, 0.717) is 5.92 Å². The average Bonchev–Trinajstić information content (AvgIpc) is 2.86. The highest BCUT2D eigenvalue weighted by Crippen LogP contribution is 2.44. The lowest BCUT2D eigenvalue weighted by atomic mass is 9.74. The molecule has 0 spiro atoms. The normalized spacial score (nSPS) is 28.3. The number of benzene rings is 2. The van der Waals surface area contributed by atoms with E-state index in [9.17, 15) is 8.78 Å². The van der Waals surface area contributed by atoms with Gasteiger partial charge in [0, 0.05) is 0 Å². The molecule has 1 aliphatic carbocycles. The van der Waals surface area contributed by atoms with Crippen molar-refractivity contribution in [3.05, 3.63) is 71.8 Å². The van der Waals surface area contributed by atoms with Gasteiger partial charge in [0.1, 0.15) is 0 Å². The molecule has 1 aliphatic heterocycles. The van der Waals surface area contributed by atoms with Gasteiger partial charge in [-0.3, -0.25) is 0 Å². The zero-order valence-corrected chi connectivity index (χ0v) is 21.2. The zero-order chi connectivity index (χ0) is 23.1. The Kier molecular flexibility index (Phi) is 8.57. The van der Waals surface area contributed by atoms with E-state index in [2.05, 4.69) is 43.3 Å². The van der Waals surface area contributed by atoms with E-state index in [1.807, 2.05) is 6.08 Å². The third-order valence-corrected chi connectivity index (χ3v) is 14.0. The van der Waals surface area contributed by atoms with Crippen molar-refractivity contribution in [3.63, 3.8) is 0 Å². The summed E-state index contributed by atoms with van der Waals surface area (Å²) in [5, 5.41) is 1.71. The van der Waals surface area contributed by atoms with Gasteiger partial charge in [0.2, 0.25) is 0 Å². The standard InChI is InChI=1S/C30H40F2Si/c1-2-3-7-20-33(28-8-5-4-6-9-28)21-18-27(19-22-33)26-15-12-24(13-16-26)10-11-25-14-17-29(31)30(32)23-25/h4-6,8-11,14,17,23-24,26-27H,2-3,7,12-13,15-16,18-22H2,1H3/b11-10+. The summed E-state index contributed by atoms with van der Waals surface area (Å²) >= 11 is 0. The third-order valence-electron chi connectivity index (χ3n) is 8.62. The van der Waals surface area contributed by atoms with Crippen molar-refractivity contribution in [2.24, 2.45) is 17.8 Å². The molecule has 2 aliphatic rings. The Morgan fingerprint density at radius 2 is 1.52 bits per heavy atom. The van der Waals surface area contributed by atoms with Crippen molar-refractivity contribution in [2.75, 3.05) is 0 Å². The Bertz CT molecular complexity index is 891. The predicted octanol–water partition coefficient (Wildman–Crippen LogP) is 8.74. The summed E-state index contributed by atoms with van der Waals surface area (Å²) in [5.41, 5.74) is 0.758. The second-order valence-corrected chi connectivity index (χ2v) is 15.3. The third kappa shape index (κ3) is 6.23. The van der Waals surface area contributed by atoms with E-state index >= 15 is 0 Å². The van der Waals surface area contributed by atoms with Crippen LogP contribution < -0.4 is 5.19 Å². The van der Waals surface area contributed by atoms with Crippen LogP contribution in [-0.2, 0) is 0 Å². The van der Waals surface area contributed by atoms with Crippen LogP contribution in [0.3, 0.4) is 0 Å². The average molecular weight is 467 g/mol. The number of unbranched alkanes of at least 4 members (excludes halogenated alkanes) is 2. The molecule has 0 unspecified atom stereocenters. The molecule has 0 N–H and O–H groups in total. The van der Waals surface area contributed by atoms with Gasteiger partial charge in [0.15, 0.2) is 11.6 Å².